The zero-order chi connectivity index (χ0) is 15.4. The smallest absolute Gasteiger partial charge is 0.132 e. The van der Waals surface area contributed by atoms with Crippen LogP contribution in [-0.4, -0.2) is 0 Å². The molecular weight excluding hydrogens is 258 g/mol. The maximum absolute atomic E-state index is 6.23. The molecule has 0 bridgehead atoms. The molecule has 2 nitrogen and oxygen atoms in total. The molecule has 1 unspecified atom stereocenters. The zero-order valence-corrected chi connectivity index (χ0v) is 13.4. The fraction of sp³-hybridized carbons (Fsp3) is 0.368. The minimum absolute atomic E-state index is 0.00788. The van der Waals surface area contributed by atoms with Crippen LogP contribution in [0.25, 0.3) is 0 Å². The van der Waals surface area contributed by atoms with Gasteiger partial charge in [-0.1, -0.05) is 51.1 Å². The van der Waals surface area contributed by atoms with Gasteiger partial charge in [0.2, 0.25) is 0 Å². The van der Waals surface area contributed by atoms with Crippen molar-refractivity contribution in [1.29, 1.82) is 0 Å². The van der Waals surface area contributed by atoms with Crippen LogP contribution in [0.3, 0.4) is 0 Å². The first-order chi connectivity index (χ1) is 10.0. The van der Waals surface area contributed by atoms with Gasteiger partial charge in [-0.15, -0.1) is 0 Å². The van der Waals surface area contributed by atoms with Crippen molar-refractivity contribution in [3.8, 4) is 11.5 Å². The third kappa shape index (κ3) is 3.64. The third-order valence-electron chi connectivity index (χ3n) is 3.77. The molecule has 0 saturated carbocycles. The van der Waals surface area contributed by atoms with E-state index < -0.39 is 0 Å². The molecule has 2 aromatic carbocycles. The van der Waals surface area contributed by atoms with Crippen LogP contribution in [0.2, 0.25) is 0 Å². The number of aryl methyl sites for hydroxylation is 1. The van der Waals surface area contributed by atoms with E-state index >= 15 is 0 Å². The molecule has 112 valence electrons. The SMILES string of the molecule is CCC(N)c1ccccc1Oc1cc(C)ccc1C(C)C. The first-order valence-electron chi connectivity index (χ1n) is 7.65. The van der Waals surface area contributed by atoms with Gasteiger partial charge in [0.05, 0.1) is 0 Å². The van der Waals surface area contributed by atoms with E-state index in [1.165, 1.54) is 11.1 Å². The van der Waals surface area contributed by atoms with Crippen LogP contribution in [0.1, 0.15) is 55.8 Å². The van der Waals surface area contributed by atoms with Gasteiger partial charge in [-0.3, -0.25) is 0 Å². The molecule has 0 aliphatic carbocycles. The number of hydrogen-bond donors (Lipinski definition) is 1. The highest BCUT2D eigenvalue weighted by molar-refractivity contribution is 5.45. The predicted molar refractivity (Wildman–Crippen MR) is 89.0 cm³/mol. The number of ether oxygens (including phenoxy) is 1. The van der Waals surface area contributed by atoms with Crippen LogP contribution in [-0.2, 0) is 0 Å². The van der Waals surface area contributed by atoms with E-state index in [2.05, 4.69) is 45.9 Å². The van der Waals surface area contributed by atoms with Crippen molar-refractivity contribution in [2.45, 2.75) is 46.1 Å². The lowest BCUT2D eigenvalue weighted by molar-refractivity contribution is 0.460. The highest BCUT2D eigenvalue weighted by atomic mass is 16.5. The van der Waals surface area contributed by atoms with Gasteiger partial charge in [0, 0.05) is 11.6 Å². The molecule has 0 aliphatic heterocycles. The van der Waals surface area contributed by atoms with E-state index in [4.69, 9.17) is 10.5 Å². The summed E-state index contributed by atoms with van der Waals surface area (Å²) in [6.45, 7) is 8.54. The Morgan fingerprint density at radius 2 is 1.71 bits per heavy atom. The predicted octanol–water partition coefficient (Wildman–Crippen LogP) is 5.32. The number of rotatable bonds is 5. The van der Waals surface area contributed by atoms with Crippen LogP contribution in [0.4, 0.5) is 0 Å². The Balaban J connectivity index is 2.41. The van der Waals surface area contributed by atoms with Crippen molar-refractivity contribution in [2.24, 2.45) is 5.73 Å². The molecule has 0 fully saturated rings. The van der Waals surface area contributed by atoms with Crippen molar-refractivity contribution >= 4 is 0 Å². The summed E-state index contributed by atoms with van der Waals surface area (Å²) in [7, 11) is 0. The molecule has 2 N–H and O–H groups in total. The maximum atomic E-state index is 6.23. The van der Waals surface area contributed by atoms with E-state index in [1.54, 1.807) is 0 Å². The second-order valence-corrected chi connectivity index (χ2v) is 5.85. The highest BCUT2D eigenvalue weighted by Crippen LogP contribution is 2.34. The van der Waals surface area contributed by atoms with Crippen LogP contribution >= 0.6 is 0 Å². The number of hydrogen-bond acceptors (Lipinski definition) is 2. The molecule has 0 amide bonds. The number of benzene rings is 2. The molecule has 2 rings (SSSR count). The van der Waals surface area contributed by atoms with Gasteiger partial charge in [0.15, 0.2) is 0 Å². The minimum Gasteiger partial charge on any atom is -0.457 e. The first-order valence-corrected chi connectivity index (χ1v) is 7.65. The van der Waals surface area contributed by atoms with E-state index in [1.807, 2.05) is 24.3 Å². The van der Waals surface area contributed by atoms with Crippen LogP contribution in [0.5, 0.6) is 11.5 Å². The monoisotopic (exact) mass is 283 g/mol. The van der Waals surface area contributed by atoms with Crippen molar-refractivity contribution < 1.29 is 4.74 Å². The zero-order valence-electron chi connectivity index (χ0n) is 13.4. The lowest BCUT2D eigenvalue weighted by atomic mass is 10.00. The summed E-state index contributed by atoms with van der Waals surface area (Å²) in [6, 6.07) is 14.4. The van der Waals surface area contributed by atoms with Crippen LogP contribution in [0.15, 0.2) is 42.5 Å². The van der Waals surface area contributed by atoms with Gasteiger partial charge < -0.3 is 10.5 Å². The van der Waals surface area contributed by atoms with Gasteiger partial charge in [-0.25, -0.2) is 0 Å². The fourth-order valence-corrected chi connectivity index (χ4v) is 2.43. The molecule has 0 aliphatic rings. The van der Waals surface area contributed by atoms with Crippen molar-refractivity contribution in [3.63, 3.8) is 0 Å². The largest absolute Gasteiger partial charge is 0.457 e. The van der Waals surface area contributed by atoms with Crippen molar-refractivity contribution in [1.82, 2.24) is 0 Å². The highest BCUT2D eigenvalue weighted by Gasteiger charge is 2.14. The summed E-state index contributed by atoms with van der Waals surface area (Å²) in [6.07, 6.45) is 0.894. The number of para-hydroxylation sites is 1. The summed E-state index contributed by atoms with van der Waals surface area (Å²) in [4.78, 5) is 0. The minimum atomic E-state index is 0.00788. The average molecular weight is 283 g/mol. The fourth-order valence-electron chi connectivity index (χ4n) is 2.43. The second kappa shape index (κ2) is 6.77. The van der Waals surface area contributed by atoms with E-state index in [0.717, 1.165) is 23.5 Å². The Labute approximate surface area is 127 Å². The summed E-state index contributed by atoms with van der Waals surface area (Å²) >= 11 is 0. The van der Waals surface area contributed by atoms with Gasteiger partial charge in [0.1, 0.15) is 11.5 Å². The summed E-state index contributed by atoms with van der Waals surface area (Å²) in [5.74, 6) is 2.22. The van der Waals surface area contributed by atoms with E-state index in [-0.39, 0.29) is 6.04 Å². The van der Waals surface area contributed by atoms with Gasteiger partial charge in [-0.2, -0.15) is 0 Å². The lowest BCUT2D eigenvalue weighted by Crippen LogP contribution is -2.10. The molecule has 0 aromatic heterocycles. The van der Waals surface area contributed by atoms with Crippen molar-refractivity contribution in [3.05, 3.63) is 59.2 Å². The quantitative estimate of drug-likeness (QED) is 0.806. The summed E-state index contributed by atoms with van der Waals surface area (Å²) < 4.78 is 6.23. The van der Waals surface area contributed by atoms with Crippen LogP contribution < -0.4 is 10.5 Å². The van der Waals surface area contributed by atoms with Gasteiger partial charge >= 0.3 is 0 Å². The Hall–Kier alpha value is -1.80. The second-order valence-electron chi connectivity index (χ2n) is 5.85. The van der Waals surface area contributed by atoms with E-state index in [9.17, 15) is 0 Å². The summed E-state index contributed by atoms with van der Waals surface area (Å²) in [5.41, 5.74) is 9.69. The Morgan fingerprint density at radius 3 is 2.38 bits per heavy atom. The molecule has 0 heterocycles. The third-order valence-corrected chi connectivity index (χ3v) is 3.77. The molecule has 1 atom stereocenters. The maximum Gasteiger partial charge on any atom is 0.132 e. The Morgan fingerprint density at radius 1 is 1.00 bits per heavy atom. The van der Waals surface area contributed by atoms with Gasteiger partial charge in [-0.05, 0) is 42.5 Å². The number of nitrogens with two attached hydrogens (primary N) is 1. The van der Waals surface area contributed by atoms with Crippen molar-refractivity contribution in [2.75, 3.05) is 0 Å². The van der Waals surface area contributed by atoms with E-state index in [0.29, 0.717) is 5.92 Å². The molecule has 2 aromatic rings. The standard InChI is InChI=1S/C19H25NO/c1-5-17(20)16-8-6-7-9-18(16)21-19-12-14(4)10-11-15(19)13(2)3/h6-13,17H,5,20H2,1-4H3. The summed E-state index contributed by atoms with van der Waals surface area (Å²) in [5, 5.41) is 0. The molecule has 0 radical (unpaired) electrons. The average Bonchev–Trinajstić information content (AvgIpc) is 2.47. The molecular formula is C19H25NO. The topological polar surface area (TPSA) is 35.2 Å². The Bertz CT molecular complexity index is 604. The lowest BCUT2D eigenvalue weighted by Gasteiger charge is -2.19. The normalized spacial score (nSPS) is 12.5. The first kappa shape index (κ1) is 15.6. The molecule has 2 heteroatoms. The van der Waals surface area contributed by atoms with Crippen LogP contribution in [0, 0.1) is 6.92 Å². The Kier molecular flexibility index (Phi) is 5.03. The molecule has 0 spiro atoms. The van der Waals surface area contributed by atoms with Gasteiger partial charge in [0.25, 0.3) is 0 Å². The molecule has 0 saturated heterocycles. The molecule has 21 heavy (non-hydrogen) atoms.